The van der Waals surface area contributed by atoms with Gasteiger partial charge in [-0.1, -0.05) is 34.1 Å². The predicted octanol–water partition coefficient (Wildman–Crippen LogP) is 7.34. The van der Waals surface area contributed by atoms with Gasteiger partial charge < -0.3 is 4.74 Å². The number of nitrogens with zero attached hydrogens (tertiary/aromatic N) is 1. The average Bonchev–Trinajstić information content (AvgIpc) is 2.74. The second-order valence-corrected chi connectivity index (χ2v) is 9.13. The largest absolute Gasteiger partial charge is 0.487 e. The van der Waals surface area contributed by atoms with Crippen molar-refractivity contribution in [3.05, 3.63) is 96.3 Å². The number of hydrogen-bond donors (Lipinski definition) is 1. The van der Waals surface area contributed by atoms with Gasteiger partial charge >= 0.3 is 6.18 Å². The van der Waals surface area contributed by atoms with E-state index < -0.39 is 17.6 Å². The number of alkyl halides is 3. The topological polar surface area (TPSA) is 50.7 Å². The summed E-state index contributed by atoms with van der Waals surface area (Å²) in [5.41, 5.74) is 2.81. The van der Waals surface area contributed by atoms with Gasteiger partial charge in [0.25, 0.3) is 5.91 Å². The van der Waals surface area contributed by atoms with Crippen LogP contribution in [0.5, 0.6) is 5.75 Å². The van der Waals surface area contributed by atoms with E-state index >= 15 is 0 Å². The van der Waals surface area contributed by atoms with Gasteiger partial charge in [-0.3, -0.25) is 4.79 Å². The van der Waals surface area contributed by atoms with E-state index in [4.69, 9.17) is 4.74 Å². The molecule has 0 saturated heterocycles. The zero-order chi connectivity index (χ0) is 23.3. The van der Waals surface area contributed by atoms with Crippen LogP contribution in [0.1, 0.15) is 27.0 Å². The van der Waals surface area contributed by atoms with Crippen LogP contribution < -0.4 is 10.2 Å². The van der Waals surface area contributed by atoms with Gasteiger partial charge in [0.05, 0.1) is 20.7 Å². The van der Waals surface area contributed by atoms with E-state index in [1.54, 1.807) is 12.1 Å². The summed E-state index contributed by atoms with van der Waals surface area (Å²) in [6.45, 7) is 0.366. The van der Waals surface area contributed by atoms with E-state index in [9.17, 15) is 18.0 Å². The highest BCUT2D eigenvalue weighted by atomic mass is 79.9. The number of carbonyl (C=O) groups excluding carboxylic acids is 1. The molecule has 0 heterocycles. The van der Waals surface area contributed by atoms with E-state index in [1.807, 2.05) is 24.3 Å². The summed E-state index contributed by atoms with van der Waals surface area (Å²) in [5, 5.41) is 3.83. The Kier molecular flexibility index (Phi) is 8.13. The molecule has 4 nitrogen and oxygen atoms in total. The van der Waals surface area contributed by atoms with Crippen molar-refractivity contribution < 1.29 is 22.7 Å². The number of carbonyl (C=O) groups is 1. The van der Waals surface area contributed by atoms with Crippen LogP contribution in [0.25, 0.3) is 0 Å². The van der Waals surface area contributed by atoms with Gasteiger partial charge in [0, 0.05) is 10.0 Å². The Bertz CT molecular complexity index is 1130. The first-order valence-corrected chi connectivity index (χ1v) is 11.4. The number of benzene rings is 3. The van der Waals surface area contributed by atoms with Crippen molar-refractivity contribution in [2.45, 2.75) is 12.8 Å². The molecule has 0 unspecified atom stereocenters. The summed E-state index contributed by atoms with van der Waals surface area (Å²) in [4.78, 5) is 12.1. The Morgan fingerprint density at radius 3 is 2.28 bits per heavy atom. The fourth-order valence-corrected chi connectivity index (χ4v) is 4.31. The van der Waals surface area contributed by atoms with E-state index in [2.05, 4.69) is 58.3 Å². The monoisotopic (exact) mass is 632 g/mol. The number of amides is 1. The third-order valence-corrected chi connectivity index (χ3v) is 5.86. The molecule has 3 aromatic rings. The van der Waals surface area contributed by atoms with Gasteiger partial charge in [-0.2, -0.15) is 18.3 Å². The number of ether oxygens (including phenoxy) is 1. The van der Waals surface area contributed by atoms with Crippen LogP contribution in [-0.4, -0.2) is 12.1 Å². The Balaban J connectivity index is 1.65. The first-order chi connectivity index (χ1) is 15.1. The van der Waals surface area contributed by atoms with Gasteiger partial charge in [-0.05, 0) is 85.5 Å². The Hall–Kier alpha value is -2.17. The second kappa shape index (κ2) is 10.6. The van der Waals surface area contributed by atoms with Crippen LogP contribution >= 0.6 is 47.8 Å². The molecule has 32 heavy (non-hydrogen) atoms. The van der Waals surface area contributed by atoms with E-state index in [-0.39, 0.29) is 5.56 Å². The minimum Gasteiger partial charge on any atom is -0.487 e. The summed E-state index contributed by atoms with van der Waals surface area (Å²) in [5.74, 6) is -0.155. The summed E-state index contributed by atoms with van der Waals surface area (Å²) in [7, 11) is 0. The SMILES string of the molecule is O=C(N/N=C\c1cc(Br)c(OCc2ccc(Br)cc2)c(Br)c1)c1cccc(C(F)(F)F)c1. The molecule has 3 rings (SSSR count). The molecule has 0 aliphatic carbocycles. The molecule has 0 radical (unpaired) electrons. The standard InChI is InChI=1S/C22H14Br3F3N2O2/c23-17-6-4-13(5-7-17)12-32-20-18(24)8-14(9-19(20)25)11-29-30-21(31)15-2-1-3-16(10-15)22(26,27)28/h1-11H,12H2,(H,30,31)/b29-11-. The van der Waals surface area contributed by atoms with Crippen LogP contribution in [-0.2, 0) is 12.8 Å². The average molecular weight is 635 g/mol. The van der Waals surface area contributed by atoms with Crippen LogP contribution in [0.4, 0.5) is 13.2 Å². The third-order valence-electron chi connectivity index (χ3n) is 4.15. The van der Waals surface area contributed by atoms with Gasteiger partial charge in [-0.25, -0.2) is 5.43 Å². The Labute approximate surface area is 207 Å². The lowest BCUT2D eigenvalue weighted by Gasteiger charge is -2.11. The zero-order valence-corrected chi connectivity index (χ0v) is 20.8. The molecule has 3 aromatic carbocycles. The third kappa shape index (κ3) is 6.66. The van der Waals surface area contributed by atoms with Crippen molar-refractivity contribution >= 4 is 59.9 Å². The molecule has 0 saturated carbocycles. The molecule has 0 atom stereocenters. The van der Waals surface area contributed by atoms with Crippen molar-refractivity contribution in [3.63, 3.8) is 0 Å². The molecular formula is C22H14Br3F3N2O2. The van der Waals surface area contributed by atoms with Crippen LogP contribution in [0.2, 0.25) is 0 Å². The van der Waals surface area contributed by atoms with Crippen molar-refractivity contribution in [2.75, 3.05) is 0 Å². The van der Waals surface area contributed by atoms with Gasteiger partial charge in [0.1, 0.15) is 12.4 Å². The van der Waals surface area contributed by atoms with Crippen molar-refractivity contribution in [3.8, 4) is 5.75 Å². The highest BCUT2D eigenvalue weighted by Gasteiger charge is 2.30. The number of nitrogens with one attached hydrogen (secondary N) is 1. The van der Waals surface area contributed by atoms with Crippen LogP contribution in [0.15, 0.2) is 79.2 Å². The molecule has 0 bridgehead atoms. The maximum absolute atomic E-state index is 12.8. The maximum Gasteiger partial charge on any atom is 0.416 e. The molecular weight excluding hydrogens is 621 g/mol. The van der Waals surface area contributed by atoms with Crippen molar-refractivity contribution in [1.29, 1.82) is 0 Å². The lowest BCUT2D eigenvalue weighted by molar-refractivity contribution is -0.137. The van der Waals surface area contributed by atoms with Gasteiger partial charge in [0.15, 0.2) is 0 Å². The van der Waals surface area contributed by atoms with Gasteiger partial charge in [-0.15, -0.1) is 0 Å². The number of hydrogen-bond acceptors (Lipinski definition) is 3. The fraction of sp³-hybridized carbons (Fsp3) is 0.0909. The Morgan fingerprint density at radius 2 is 1.66 bits per heavy atom. The molecule has 0 spiro atoms. The fourth-order valence-electron chi connectivity index (χ4n) is 2.59. The molecule has 0 aromatic heterocycles. The molecule has 1 N–H and O–H groups in total. The molecule has 0 aliphatic rings. The summed E-state index contributed by atoms with van der Waals surface area (Å²) < 4.78 is 46.6. The molecule has 10 heteroatoms. The summed E-state index contributed by atoms with van der Waals surface area (Å²) in [6.07, 6.45) is -3.15. The van der Waals surface area contributed by atoms with Crippen LogP contribution in [0, 0.1) is 0 Å². The molecule has 166 valence electrons. The number of hydrazone groups is 1. The first kappa shape index (κ1) is 24.5. The first-order valence-electron chi connectivity index (χ1n) is 9.00. The number of halogens is 6. The maximum atomic E-state index is 12.8. The van der Waals surface area contributed by atoms with Crippen molar-refractivity contribution in [2.24, 2.45) is 5.10 Å². The lowest BCUT2D eigenvalue weighted by Crippen LogP contribution is -2.18. The summed E-state index contributed by atoms with van der Waals surface area (Å²) >= 11 is 10.3. The Morgan fingerprint density at radius 1 is 1.00 bits per heavy atom. The zero-order valence-electron chi connectivity index (χ0n) is 16.1. The normalized spacial score (nSPS) is 11.6. The minimum atomic E-state index is -4.53. The van der Waals surface area contributed by atoms with E-state index in [0.717, 1.165) is 22.2 Å². The second-order valence-electron chi connectivity index (χ2n) is 6.51. The highest BCUT2D eigenvalue weighted by molar-refractivity contribution is 9.11. The number of rotatable bonds is 6. The highest BCUT2D eigenvalue weighted by Crippen LogP contribution is 2.35. The van der Waals surface area contributed by atoms with Gasteiger partial charge in [0.2, 0.25) is 0 Å². The predicted molar refractivity (Wildman–Crippen MR) is 127 cm³/mol. The summed E-state index contributed by atoms with van der Waals surface area (Å²) in [6, 6.07) is 15.3. The smallest absolute Gasteiger partial charge is 0.416 e. The van der Waals surface area contributed by atoms with Crippen LogP contribution in [0.3, 0.4) is 0 Å². The quantitative estimate of drug-likeness (QED) is 0.228. The molecule has 1 amide bonds. The molecule has 0 aliphatic heterocycles. The van der Waals surface area contributed by atoms with E-state index in [0.29, 0.717) is 26.9 Å². The van der Waals surface area contributed by atoms with Crippen molar-refractivity contribution in [1.82, 2.24) is 5.43 Å². The minimum absolute atomic E-state index is 0.143. The van der Waals surface area contributed by atoms with E-state index in [1.165, 1.54) is 18.3 Å². The lowest BCUT2D eigenvalue weighted by atomic mass is 10.1. The molecule has 0 fully saturated rings.